The van der Waals surface area contributed by atoms with Gasteiger partial charge in [0, 0.05) is 6.54 Å². The Hall–Kier alpha value is -3.81. The number of carbonyl (C=O) groups is 3. The molecule has 10 nitrogen and oxygen atoms in total. The van der Waals surface area contributed by atoms with E-state index in [-0.39, 0.29) is 37.2 Å². The first kappa shape index (κ1) is 30.7. The lowest BCUT2D eigenvalue weighted by Gasteiger charge is -2.35. The third-order valence-electron chi connectivity index (χ3n) is 5.55. The summed E-state index contributed by atoms with van der Waals surface area (Å²) >= 11 is 0. The van der Waals surface area contributed by atoms with E-state index in [4.69, 9.17) is 14.6 Å². The number of carboxylic acid groups (broad SMARTS) is 1. The van der Waals surface area contributed by atoms with Gasteiger partial charge in [-0.2, -0.15) is 13.2 Å². The quantitative estimate of drug-likeness (QED) is 0.426. The van der Waals surface area contributed by atoms with Crippen LogP contribution in [0.4, 0.5) is 18.9 Å². The third kappa shape index (κ3) is 8.10. The molecule has 0 saturated carbocycles. The molecular weight excluding hydrogens is 557 g/mol. The third-order valence-corrected chi connectivity index (χ3v) is 7.32. The fourth-order valence-electron chi connectivity index (χ4n) is 3.89. The molecule has 14 heteroatoms. The van der Waals surface area contributed by atoms with Crippen molar-refractivity contribution in [2.24, 2.45) is 0 Å². The van der Waals surface area contributed by atoms with Crippen LogP contribution in [0.3, 0.4) is 0 Å². The molecule has 0 radical (unpaired) electrons. The van der Waals surface area contributed by atoms with Gasteiger partial charge in [0.05, 0.1) is 42.0 Å². The maximum Gasteiger partial charge on any atom is 0.416 e. The number of anilines is 1. The Balaban J connectivity index is 1.97. The molecule has 2 N–H and O–H groups in total. The first-order valence-electron chi connectivity index (χ1n) is 12.2. The summed E-state index contributed by atoms with van der Waals surface area (Å²) in [6.45, 7) is 4.47. The summed E-state index contributed by atoms with van der Waals surface area (Å²) in [5.41, 5.74) is -1.58. The van der Waals surface area contributed by atoms with E-state index in [2.05, 4.69) is 5.32 Å². The number of ether oxygens (including phenoxy) is 2. The van der Waals surface area contributed by atoms with E-state index >= 15 is 0 Å². The van der Waals surface area contributed by atoms with E-state index in [0.29, 0.717) is 11.6 Å². The van der Waals surface area contributed by atoms with Crippen LogP contribution in [0, 0.1) is 0 Å². The molecule has 1 atom stereocenters. The van der Waals surface area contributed by atoms with Gasteiger partial charge < -0.3 is 19.9 Å². The summed E-state index contributed by atoms with van der Waals surface area (Å²) in [7, 11) is -4.60. The lowest BCUT2D eigenvalue weighted by atomic mass is 10.1. The van der Waals surface area contributed by atoms with Crippen molar-refractivity contribution in [2.75, 3.05) is 17.4 Å². The minimum absolute atomic E-state index is 0.0260. The number of amides is 1. The molecule has 0 fully saturated rings. The average molecular weight is 587 g/mol. The van der Waals surface area contributed by atoms with Crippen molar-refractivity contribution < 1.29 is 50.6 Å². The number of carboxylic acids is 1. The molecule has 3 rings (SSSR count). The van der Waals surface area contributed by atoms with E-state index in [9.17, 15) is 36.0 Å². The molecule has 2 aromatic rings. The Morgan fingerprint density at radius 3 is 2.45 bits per heavy atom. The van der Waals surface area contributed by atoms with Crippen molar-refractivity contribution in [3.05, 3.63) is 53.6 Å². The fourth-order valence-corrected chi connectivity index (χ4v) is 5.44. The number of halogens is 3. The lowest BCUT2D eigenvalue weighted by molar-refractivity contribution is -0.154. The van der Waals surface area contributed by atoms with Crippen LogP contribution in [-0.2, 0) is 41.7 Å². The minimum atomic E-state index is -4.79. The van der Waals surface area contributed by atoms with Gasteiger partial charge in [-0.15, -0.1) is 0 Å². The van der Waals surface area contributed by atoms with Gasteiger partial charge in [-0.1, -0.05) is 12.1 Å². The molecule has 1 aliphatic rings. The van der Waals surface area contributed by atoms with Crippen LogP contribution < -0.4 is 14.4 Å². The monoisotopic (exact) mass is 586 g/mol. The molecule has 40 heavy (non-hydrogen) atoms. The molecule has 218 valence electrons. The highest BCUT2D eigenvalue weighted by Gasteiger charge is 2.38. The fraction of sp³-hybridized carbons (Fsp3) is 0.423. The number of esters is 1. The smallest absolute Gasteiger partial charge is 0.416 e. The van der Waals surface area contributed by atoms with Gasteiger partial charge >= 0.3 is 18.1 Å². The van der Waals surface area contributed by atoms with Crippen LogP contribution in [0.25, 0.3) is 0 Å². The van der Waals surface area contributed by atoms with Crippen LogP contribution in [0.1, 0.15) is 44.7 Å². The van der Waals surface area contributed by atoms with Crippen molar-refractivity contribution in [1.82, 2.24) is 5.32 Å². The molecule has 0 bridgehead atoms. The van der Waals surface area contributed by atoms with Gasteiger partial charge in [0.1, 0.15) is 17.5 Å². The number of hydrogen-bond donors (Lipinski definition) is 2. The van der Waals surface area contributed by atoms with Crippen LogP contribution in [0.15, 0.2) is 47.4 Å². The van der Waals surface area contributed by atoms with Crippen LogP contribution in [-0.4, -0.2) is 56.2 Å². The second-order valence-electron chi connectivity index (χ2n) is 10.1. The normalized spacial score (nSPS) is 15.6. The van der Waals surface area contributed by atoms with E-state index in [1.54, 1.807) is 20.8 Å². The number of sulfonamides is 1. The van der Waals surface area contributed by atoms with Gasteiger partial charge in [-0.3, -0.25) is 18.7 Å². The first-order chi connectivity index (χ1) is 18.5. The summed E-state index contributed by atoms with van der Waals surface area (Å²) in [6.07, 6.45) is -6.72. The Kier molecular flexibility index (Phi) is 9.02. The zero-order valence-electron chi connectivity index (χ0n) is 21.9. The lowest BCUT2D eigenvalue weighted by Crippen LogP contribution is -2.45. The largest absolute Gasteiger partial charge is 0.486 e. The molecule has 1 aliphatic heterocycles. The molecule has 0 unspecified atom stereocenters. The summed E-state index contributed by atoms with van der Waals surface area (Å²) in [4.78, 5) is 34.8. The number of aliphatic carboxylic acids is 1. The van der Waals surface area contributed by atoms with Crippen molar-refractivity contribution in [1.29, 1.82) is 0 Å². The highest BCUT2D eigenvalue weighted by molar-refractivity contribution is 7.92. The summed E-state index contributed by atoms with van der Waals surface area (Å²) in [5.74, 6) is -2.28. The SMILES string of the molecule is CC(C)(C)OC(=O)Cc1ccc2c(c1)N(S(=O)(=O)c1cccc(C(F)(F)F)c1)C[C@H](CC(=O)NCCC(=O)O)O2. The average Bonchev–Trinajstić information content (AvgIpc) is 2.81. The number of rotatable bonds is 9. The van der Waals surface area contributed by atoms with Gasteiger partial charge in [0.25, 0.3) is 10.0 Å². The molecule has 0 saturated heterocycles. The van der Waals surface area contributed by atoms with E-state index < -0.39 is 62.8 Å². The zero-order valence-corrected chi connectivity index (χ0v) is 22.8. The second-order valence-corrected chi connectivity index (χ2v) is 11.9. The maximum atomic E-state index is 13.7. The molecule has 0 aromatic heterocycles. The number of nitrogens with zero attached hydrogens (tertiary/aromatic N) is 1. The van der Waals surface area contributed by atoms with E-state index in [1.165, 1.54) is 18.2 Å². The zero-order chi connectivity index (χ0) is 29.9. The van der Waals surface area contributed by atoms with E-state index in [1.807, 2.05) is 0 Å². The molecule has 1 amide bonds. The summed E-state index contributed by atoms with van der Waals surface area (Å²) in [5, 5.41) is 11.1. The molecule has 2 aromatic carbocycles. The van der Waals surface area contributed by atoms with Crippen molar-refractivity contribution in [3.8, 4) is 5.75 Å². The second kappa shape index (κ2) is 11.7. The Labute approximate surface area is 229 Å². The number of nitrogens with one attached hydrogen (secondary N) is 1. The van der Waals surface area contributed by atoms with Crippen LogP contribution >= 0.6 is 0 Å². The standard InChI is InChI=1S/C26H29F3N2O8S/c1-25(2,3)39-24(35)12-16-7-8-21-20(11-16)31(15-18(38-21)14-22(32)30-10-9-23(33)34)40(36,37)19-6-4-5-17(13-19)26(27,28)29/h4-8,11,13,18H,9-10,12,14-15H2,1-3H3,(H,30,32)(H,33,34)/t18-/m0/s1. The van der Waals surface area contributed by atoms with E-state index in [0.717, 1.165) is 22.5 Å². The summed E-state index contributed by atoms with van der Waals surface area (Å²) in [6, 6.07) is 7.54. The summed E-state index contributed by atoms with van der Waals surface area (Å²) < 4.78 is 79.3. The maximum absolute atomic E-state index is 13.7. The van der Waals surface area contributed by atoms with Gasteiger partial charge in [-0.05, 0) is 56.7 Å². The highest BCUT2D eigenvalue weighted by atomic mass is 32.2. The predicted molar refractivity (Wildman–Crippen MR) is 136 cm³/mol. The number of hydrogen-bond acceptors (Lipinski definition) is 7. The van der Waals surface area contributed by atoms with Gasteiger partial charge in [-0.25, -0.2) is 8.42 Å². The number of benzene rings is 2. The van der Waals surface area contributed by atoms with Crippen molar-refractivity contribution in [3.63, 3.8) is 0 Å². The van der Waals surface area contributed by atoms with Crippen molar-refractivity contribution in [2.45, 2.75) is 62.8 Å². The minimum Gasteiger partial charge on any atom is -0.486 e. The Morgan fingerprint density at radius 1 is 1.12 bits per heavy atom. The molecule has 0 spiro atoms. The number of fused-ring (bicyclic) bond motifs is 1. The highest BCUT2D eigenvalue weighted by Crippen LogP contribution is 2.39. The topological polar surface area (TPSA) is 139 Å². The first-order valence-corrected chi connectivity index (χ1v) is 13.6. The number of carbonyl (C=O) groups excluding carboxylic acids is 2. The van der Waals surface area contributed by atoms with Gasteiger partial charge in [0.2, 0.25) is 5.91 Å². The van der Waals surface area contributed by atoms with Crippen molar-refractivity contribution >= 4 is 33.6 Å². The predicted octanol–water partition coefficient (Wildman–Crippen LogP) is 3.53. The Morgan fingerprint density at radius 2 is 1.82 bits per heavy atom. The number of alkyl halides is 3. The molecule has 0 aliphatic carbocycles. The van der Waals surface area contributed by atoms with Crippen LogP contribution in [0.5, 0.6) is 5.75 Å². The van der Waals surface area contributed by atoms with Gasteiger partial charge in [0.15, 0.2) is 0 Å². The van der Waals surface area contributed by atoms with Crippen LogP contribution in [0.2, 0.25) is 0 Å². The Bertz CT molecular complexity index is 1390. The molecular formula is C26H29F3N2O8S. The molecule has 1 heterocycles.